The topological polar surface area (TPSA) is 101 Å². The summed E-state index contributed by atoms with van der Waals surface area (Å²) in [4.78, 5) is 17.8. The van der Waals surface area contributed by atoms with Gasteiger partial charge in [0.1, 0.15) is 4.90 Å². The third-order valence-corrected chi connectivity index (χ3v) is 6.62. The summed E-state index contributed by atoms with van der Waals surface area (Å²) in [6, 6.07) is 4.82. The molecule has 150 valence electrons. The van der Waals surface area contributed by atoms with Crippen molar-refractivity contribution < 1.29 is 22.7 Å². The molecular formula is C19H23N3O5S. The van der Waals surface area contributed by atoms with E-state index in [1.807, 2.05) is 0 Å². The molecule has 8 nitrogen and oxygen atoms in total. The summed E-state index contributed by atoms with van der Waals surface area (Å²) in [5.74, 6) is 0.803. The first-order chi connectivity index (χ1) is 13.4. The monoisotopic (exact) mass is 405 g/mol. The maximum absolute atomic E-state index is 13.2. The summed E-state index contributed by atoms with van der Waals surface area (Å²) in [6.07, 6.45) is 2.96. The largest absolute Gasteiger partial charge is 0.454 e. The van der Waals surface area contributed by atoms with E-state index in [-0.39, 0.29) is 23.2 Å². The molecule has 0 atom stereocenters. The molecule has 0 bridgehead atoms. The van der Waals surface area contributed by atoms with Crippen LogP contribution in [0.1, 0.15) is 41.0 Å². The Labute approximate surface area is 163 Å². The zero-order valence-corrected chi connectivity index (χ0v) is 16.7. The minimum absolute atomic E-state index is 0.00163. The molecule has 0 unspecified atom stereocenters. The number of piperidine rings is 1. The Morgan fingerprint density at radius 1 is 1.07 bits per heavy atom. The average Bonchev–Trinajstić information content (AvgIpc) is 3.24. The number of nitrogens with one attached hydrogen (secondary N) is 2. The molecule has 4 rings (SSSR count). The smallest absolute Gasteiger partial charge is 0.264 e. The Kier molecular flexibility index (Phi) is 4.70. The highest BCUT2D eigenvalue weighted by molar-refractivity contribution is 7.92. The van der Waals surface area contributed by atoms with Gasteiger partial charge in [0.25, 0.3) is 15.9 Å². The van der Waals surface area contributed by atoms with E-state index in [9.17, 15) is 13.2 Å². The van der Waals surface area contributed by atoms with E-state index in [4.69, 9.17) is 9.47 Å². The number of carbonyl (C=O) groups excluding carboxylic acids is 1. The van der Waals surface area contributed by atoms with Crippen LogP contribution in [-0.2, 0) is 10.0 Å². The number of H-pyrrole nitrogens is 1. The van der Waals surface area contributed by atoms with Crippen molar-refractivity contribution in [2.75, 3.05) is 24.6 Å². The number of benzene rings is 1. The van der Waals surface area contributed by atoms with E-state index in [1.165, 1.54) is 0 Å². The van der Waals surface area contributed by atoms with E-state index >= 15 is 0 Å². The van der Waals surface area contributed by atoms with Gasteiger partial charge < -0.3 is 19.4 Å². The van der Waals surface area contributed by atoms with Gasteiger partial charge in [0.2, 0.25) is 6.79 Å². The lowest BCUT2D eigenvalue weighted by molar-refractivity contribution is 0.0720. The molecule has 9 heteroatoms. The van der Waals surface area contributed by atoms with Crippen LogP contribution >= 0.6 is 0 Å². The van der Waals surface area contributed by atoms with Crippen LogP contribution in [0.25, 0.3) is 0 Å². The summed E-state index contributed by atoms with van der Waals surface area (Å²) in [6.45, 7) is 4.79. The van der Waals surface area contributed by atoms with Crippen molar-refractivity contribution in [1.82, 2.24) is 9.88 Å². The quantitative estimate of drug-likeness (QED) is 0.815. The Hall–Kier alpha value is -2.68. The van der Waals surface area contributed by atoms with Gasteiger partial charge in [-0.15, -0.1) is 0 Å². The summed E-state index contributed by atoms with van der Waals surface area (Å²) in [7, 11) is -3.98. The fourth-order valence-electron chi connectivity index (χ4n) is 3.77. The number of hydrogen-bond donors (Lipinski definition) is 2. The van der Waals surface area contributed by atoms with E-state index in [0.717, 1.165) is 19.3 Å². The Morgan fingerprint density at radius 3 is 2.54 bits per heavy atom. The predicted octanol–water partition coefficient (Wildman–Crippen LogP) is 2.79. The molecule has 1 fully saturated rings. The van der Waals surface area contributed by atoms with Crippen LogP contribution in [0.2, 0.25) is 0 Å². The molecule has 0 aliphatic carbocycles. The number of anilines is 1. The second-order valence-electron chi connectivity index (χ2n) is 7.11. The van der Waals surface area contributed by atoms with Crippen molar-refractivity contribution in [1.29, 1.82) is 0 Å². The molecule has 1 aromatic heterocycles. The average molecular weight is 405 g/mol. The standard InChI is InChI=1S/C19H23N3O5S/c1-12-17(19(23)22-8-4-3-5-9-22)18(13(2)20-12)28(24,25)21-14-6-7-15-16(10-14)27-11-26-15/h6-7,10,20-21H,3-5,8-9,11H2,1-2H3. The Balaban J connectivity index is 1.68. The highest BCUT2D eigenvalue weighted by Crippen LogP contribution is 2.35. The molecule has 2 aliphatic rings. The minimum Gasteiger partial charge on any atom is -0.454 e. The lowest BCUT2D eigenvalue weighted by Crippen LogP contribution is -2.36. The van der Waals surface area contributed by atoms with Gasteiger partial charge in [-0.1, -0.05) is 0 Å². The van der Waals surface area contributed by atoms with Gasteiger partial charge in [0, 0.05) is 30.5 Å². The van der Waals surface area contributed by atoms with Gasteiger partial charge in [-0.3, -0.25) is 9.52 Å². The lowest BCUT2D eigenvalue weighted by Gasteiger charge is -2.27. The maximum Gasteiger partial charge on any atom is 0.264 e. The van der Waals surface area contributed by atoms with Crippen LogP contribution < -0.4 is 14.2 Å². The molecule has 0 radical (unpaired) electrons. The number of aryl methyl sites for hydroxylation is 2. The van der Waals surface area contributed by atoms with Crippen molar-refractivity contribution >= 4 is 21.6 Å². The molecule has 0 saturated carbocycles. The van der Waals surface area contributed by atoms with Crippen molar-refractivity contribution in [3.8, 4) is 11.5 Å². The van der Waals surface area contributed by atoms with Crippen LogP contribution in [0.4, 0.5) is 5.69 Å². The lowest BCUT2D eigenvalue weighted by atomic mass is 10.1. The number of carbonyl (C=O) groups is 1. The Bertz CT molecular complexity index is 1020. The van der Waals surface area contributed by atoms with Gasteiger partial charge in [-0.05, 0) is 45.2 Å². The molecule has 28 heavy (non-hydrogen) atoms. The van der Waals surface area contributed by atoms with Gasteiger partial charge in [0.05, 0.1) is 11.3 Å². The van der Waals surface area contributed by atoms with Crippen molar-refractivity contribution in [3.05, 3.63) is 35.2 Å². The fraction of sp³-hybridized carbons (Fsp3) is 0.421. The predicted molar refractivity (Wildman–Crippen MR) is 103 cm³/mol. The van der Waals surface area contributed by atoms with Crippen molar-refractivity contribution in [2.45, 2.75) is 38.0 Å². The number of likely N-dealkylation sites (tertiary alicyclic amines) is 1. The van der Waals surface area contributed by atoms with Gasteiger partial charge in [-0.2, -0.15) is 0 Å². The van der Waals surface area contributed by atoms with Gasteiger partial charge in [0.15, 0.2) is 11.5 Å². The third kappa shape index (κ3) is 3.30. The summed E-state index contributed by atoms with van der Waals surface area (Å²) in [5.41, 5.74) is 1.55. The van der Waals surface area contributed by atoms with E-state index in [0.29, 0.717) is 41.7 Å². The number of ether oxygens (including phenoxy) is 2. The number of sulfonamides is 1. The van der Waals surface area contributed by atoms with Crippen molar-refractivity contribution in [2.24, 2.45) is 0 Å². The normalized spacial score (nSPS) is 16.3. The van der Waals surface area contributed by atoms with Crippen LogP contribution in [0.15, 0.2) is 23.1 Å². The van der Waals surface area contributed by atoms with Gasteiger partial charge in [-0.25, -0.2) is 8.42 Å². The SMILES string of the molecule is Cc1[nH]c(C)c(S(=O)(=O)Nc2ccc3c(c2)OCO3)c1C(=O)N1CCCCC1. The fourth-order valence-corrected chi connectivity index (χ4v) is 5.28. The second kappa shape index (κ2) is 7.05. The zero-order chi connectivity index (χ0) is 19.9. The molecule has 1 aromatic carbocycles. The number of amides is 1. The maximum atomic E-state index is 13.2. The number of hydrogen-bond acceptors (Lipinski definition) is 5. The summed E-state index contributed by atoms with van der Waals surface area (Å²) in [5, 5.41) is 0. The molecule has 0 spiro atoms. The number of aromatic amines is 1. The number of rotatable bonds is 4. The van der Waals surface area contributed by atoms with Crippen molar-refractivity contribution in [3.63, 3.8) is 0 Å². The summed E-state index contributed by atoms with van der Waals surface area (Å²) >= 11 is 0. The van der Waals surface area contributed by atoms with Crippen LogP contribution in [0.3, 0.4) is 0 Å². The zero-order valence-electron chi connectivity index (χ0n) is 15.9. The van der Waals surface area contributed by atoms with E-state index in [2.05, 4.69) is 9.71 Å². The first-order valence-electron chi connectivity index (χ1n) is 9.28. The van der Waals surface area contributed by atoms with E-state index in [1.54, 1.807) is 36.9 Å². The molecule has 2 aromatic rings. The van der Waals surface area contributed by atoms with E-state index < -0.39 is 10.0 Å². The highest BCUT2D eigenvalue weighted by Gasteiger charge is 2.32. The highest BCUT2D eigenvalue weighted by atomic mass is 32.2. The van der Waals surface area contributed by atoms with Crippen LogP contribution in [0.5, 0.6) is 11.5 Å². The van der Waals surface area contributed by atoms with Crippen LogP contribution in [-0.4, -0.2) is 44.1 Å². The summed E-state index contributed by atoms with van der Waals surface area (Å²) < 4.78 is 39.5. The minimum atomic E-state index is -3.98. The first kappa shape index (κ1) is 18.7. The molecule has 1 amide bonds. The van der Waals surface area contributed by atoms with Crippen LogP contribution in [0, 0.1) is 13.8 Å². The molecule has 1 saturated heterocycles. The number of fused-ring (bicyclic) bond motifs is 1. The third-order valence-electron chi connectivity index (χ3n) is 5.07. The number of aromatic nitrogens is 1. The first-order valence-corrected chi connectivity index (χ1v) is 10.8. The Morgan fingerprint density at radius 2 is 1.79 bits per heavy atom. The molecule has 3 heterocycles. The second-order valence-corrected chi connectivity index (χ2v) is 8.72. The number of nitrogens with zero attached hydrogens (tertiary/aromatic N) is 1. The molecular weight excluding hydrogens is 382 g/mol. The molecule has 2 aliphatic heterocycles. The van der Waals surface area contributed by atoms with Gasteiger partial charge >= 0.3 is 0 Å². The molecule has 2 N–H and O–H groups in total.